The summed E-state index contributed by atoms with van der Waals surface area (Å²) in [6, 6.07) is 21.1. The molecule has 7 heteroatoms. The second-order valence-corrected chi connectivity index (χ2v) is 8.76. The van der Waals surface area contributed by atoms with E-state index < -0.39 is 0 Å². The van der Waals surface area contributed by atoms with Crippen LogP contribution < -0.4 is 5.32 Å². The number of hydrogen-bond acceptors (Lipinski definition) is 4. The number of thiophene rings is 1. The highest BCUT2D eigenvalue weighted by molar-refractivity contribution is 7.09. The molecule has 5 aromatic rings. The third kappa shape index (κ3) is 4.70. The molecule has 0 radical (unpaired) electrons. The van der Waals surface area contributed by atoms with Crippen molar-refractivity contribution in [3.05, 3.63) is 106 Å². The van der Waals surface area contributed by atoms with Gasteiger partial charge in [-0.1, -0.05) is 6.07 Å². The van der Waals surface area contributed by atoms with E-state index in [4.69, 9.17) is 9.97 Å². The van der Waals surface area contributed by atoms with Crippen LogP contribution in [0.3, 0.4) is 0 Å². The maximum atomic E-state index is 13.5. The Bertz CT molecular complexity index is 1450. The number of amides is 1. The first-order valence-corrected chi connectivity index (χ1v) is 11.6. The first-order chi connectivity index (χ1) is 16.6. The molecule has 3 aromatic carbocycles. The normalized spacial score (nSPS) is 11.0. The van der Waals surface area contributed by atoms with Crippen LogP contribution in [0.2, 0.25) is 0 Å². The van der Waals surface area contributed by atoms with Gasteiger partial charge in [0.25, 0.3) is 5.91 Å². The number of fused-ring (bicyclic) bond motifs is 1. The van der Waals surface area contributed by atoms with Gasteiger partial charge in [0.15, 0.2) is 0 Å². The molecule has 0 aliphatic rings. The third-order valence-corrected chi connectivity index (χ3v) is 6.33. The molecule has 0 bridgehead atoms. The van der Waals surface area contributed by atoms with Crippen molar-refractivity contribution >= 4 is 28.3 Å². The van der Waals surface area contributed by atoms with Crippen molar-refractivity contribution < 1.29 is 13.6 Å². The Morgan fingerprint density at radius 2 is 1.41 bits per heavy atom. The number of benzene rings is 3. The van der Waals surface area contributed by atoms with Crippen LogP contribution >= 0.6 is 11.3 Å². The lowest BCUT2D eigenvalue weighted by Gasteiger charge is -2.12. The first kappa shape index (κ1) is 21.9. The Labute approximate surface area is 199 Å². The molecule has 1 amide bonds. The van der Waals surface area contributed by atoms with E-state index in [1.165, 1.54) is 29.1 Å². The Kier molecular flexibility index (Phi) is 6.10. The van der Waals surface area contributed by atoms with Crippen molar-refractivity contribution in [2.24, 2.45) is 0 Å². The quantitative estimate of drug-likeness (QED) is 0.317. The molecule has 168 valence electrons. The van der Waals surface area contributed by atoms with Gasteiger partial charge in [-0.05, 0) is 84.6 Å². The minimum Gasteiger partial charge on any atom is -0.352 e. The summed E-state index contributed by atoms with van der Waals surface area (Å²) >= 11 is 1.66. The summed E-state index contributed by atoms with van der Waals surface area (Å²) in [5, 5.41) is 4.95. The zero-order chi connectivity index (χ0) is 23.5. The number of aromatic nitrogens is 2. The van der Waals surface area contributed by atoms with Gasteiger partial charge < -0.3 is 5.32 Å². The largest absolute Gasteiger partial charge is 0.352 e. The van der Waals surface area contributed by atoms with Crippen LogP contribution in [-0.2, 0) is 6.42 Å². The summed E-state index contributed by atoms with van der Waals surface area (Å²) in [6.45, 7) is 0.535. The Morgan fingerprint density at radius 1 is 0.794 bits per heavy atom. The molecular formula is C27H19F2N3OS. The fraction of sp³-hybridized carbons (Fsp3) is 0.0741. The molecule has 0 saturated carbocycles. The minimum absolute atomic E-state index is 0.189. The van der Waals surface area contributed by atoms with Gasteiger partial charge in [-0.2, -0.15) is 0 Å². The molecule has 0 spiro atoms. The van der Waals surface area contributed by atoms with E-state index in [9.17, 15) is 13.6 Å². The fourth-order valence-corrected chi connectivity index (χ4v) is 4.38. The zero-order valence-corrected chi connectivity index (χ0v) is 18.8. The number of rotatable bonds is 6. The molecule has 0 unspecified atom stereocenters. The molecule has 4 nitrogen and oxygen atoms in total. The van der Waals surface area contributed by atoms with Crippen LogP contribution in [0.5, 0.6) is 0 Å². The topological polar surface area (TPSA) is 54.9 Å². The van der Waals surface area contributed by atoms with Gasteiger partial charge in [-0.3, -0.25) is 4.79 Å². The van der Waals surface area contributed by atoms with Crippen molar-refractivity contribution in [1.82, 2.24) is 15.3 Å². The third-order valence-electron chi connectivity index (χ3n) is 5.40. The molecule has 1 N–H and O–H groups in total. The van der Waals surface area contributed by atoms with Crippen molar-refractivity contribution in [2.75, 3.05) is 6.54 Å². The molecule has 0 aliphatic carbocycles. The minimum atomic E-state index is -0.359. The van der Waals surface area contributed by atoms with Crippen molar-refractivity contribution in [1.29, 1.82) is 0 Å². The van der Waals surface area contributed by atoms with Gasteiger partial charge in [0, 0.05) is 28.1 Å². The van der Waals surface area contributed by atoms with E-state index in [-0.39, 0.29) is 17.5 Å². The smallest absolute Gasteiger partial charge is 0.251 e. The second-order valence-electron chi connectivity index (χ2n) is 7.72. The van der Waals surface area contributed by atoms with Gasteiger partial charge in [-0.25, -0.2) is 18.7 Å². The highest BCUT2D eigenvalue weighted by Crippen LogP contribution is 2.31. The number of nitrogens with one attached hydrogen (secondary N) is 1. The molecule has 34 heavy (non-hydrogen) atoms. The van der Waals surface area contributed by atoms with E-state index in [2.05, 4.69) is 5.32 Å². The van der Waals surface area contributed by atoms with E-state index in [1.807, 2.05) is 17.5 Å². The van der Waals surface area contributed by atoms with Gasteiger partial charge in [0.2, 0.25) is 0 Å². The predicted octanol–water partition coefficient (Wildman–Crippen LogP) is 6.28. The first-order valence-electron chi connectivity index (χ1n) is 10.7. The molecule has 2 aromatic heterocycles. The Morgan fingerprint density at radius 3 is 2.00 bits per heavy atom. The Hall–Kier alpha value is -3.97. The molecule has 5 rings (SSSR count). The lowest BCUT2D eigenvalue weighted by Crippen LogP contribution is -2.25. The maximum absolute atomic E-state index is 13.5. The summed E-state index contributed by atoms with van der Waals surface area (Å²) in [4.78, 5) is 23.4. The van der Waals surface area contributed by atoms with Gasteiger partial charge in [0.1, 0.15) is 11.6 Å². The van der Waals surface area contributed by atoms with Gasteiger partial charge >= 0.3 is 0 Å². The molecule has 0 aliphatic heterocycles. The lowest BCUT2D eigenvalue weighted by atomic mass is 10.0. The zero-order valence-electron chi connectivity index (χ0n) is 18.0. The summed E-state index contributed by atoms with van der Waals surface area (Å²) in [7, 11) is 0. The van der Waals surface area contributed by atoms with Crippen molar-refractivity contribution in [3.63, 3.8) is 0 Å². The number of halogens is 2. The van der Waals surface area contributed by atoms with Crippen LogP contribution in [-0.4, -0.2) is 22.4 Å². The van der Waals surface area contributed by atoms with Crippen LogP contribution in [0.1, 0.15) is 15.2 Å². The lowest BCUT2D eigenvalue weighted by molar-refractivity contribution is 0.0954. The maximum Gasteiger partial charge on any atom is 0.251 e. The highest BCUT2D eigenvalue weighted by Gasteiger charge is 2.15. The predicted molar refractivity (Wildman–Crippen MR) is 131 cm³/mol. The van der Waals surface area contributed by atoms with Crippen LogP contribution in [0.25, 0.3) is 33.5 Å². The summed E-state index contributed by atoms with van der Waals surface area (Å²) in [5.74, 6) is -0.899. The van der Waals surface area contributed by atoms with Crippen LogP contribution in [0.15, 0.2) is 84.2 Å². The highest BCUT2D eigenvalue weighted by atomic mass is 32.1. The molecular weight excluding hydrogens is 452 g/mol. The number of nitrogens with zero attached hydrogens (tertiary/aromatic N) is 2. The number of hydrogen-bond donors (Lipinski definition) is 1. The monoisotopic (exact) mass is 471 g/mol. The van der Waals surface area contributed by atoms with Crippen LogP contribution in [0.4, 0.5) is 8.78 Å². The standard InChI is InChI=1S/C27H19F2N3OS/c28-20-8-3-17(4-9-20)25-26(18-5-10-21(29)11-6-18)32-24-16-19(7-12-23(24)31-25)27(33)30-14-13-22-2-1-15-34-22/h1-12,15-16H,13-14H2,(H,30,33). The summed E-state index contributed by atoms with van der Waals surface area (Å²) in [6.07, 6.45) is 0.770. The SMILES string of the molecule is O=C(NCCc1cccs1)c1ccc2nc(-c3ccc(F)cc3)c(-c3ccc(F)cc3)nc2c1. The van der Waals surface area contributed by atoms with Gasteiger partial charge in [-0.15, -0.1) is 11.3 Å². The Balaban J connectivity index is 1.51. The van der Waals surface area contributed by atoms with E-state index in [0.717, 1.165) is 6.42 Å². The molecule has 0 atom stereocenters. The molecule has 2 heterocycles. The van der Waals surface area contributed by atoms with Crippen molar-refractivity contribution in [2.45, 2.75) is 6.42 Å². The molecule has 0 saturated heterocycles. The average molecular weight is 472 g/mol. The average Bonchev–Trinajstić information content (AvgIpc) is 3.37. The van der Waals surface area contributed by atoms with E-state index in [0.29, 0.717) is 45.7 Å². The fourth-order valence-electron chi connectivity index (χ4n) is 3.67. The molecule has 0 fully saturated rings. The summed E-state index contributed by atoms with van der Waals surface area (Å²) < 4.78 is 27.0. The van der Waals surface area contributed by atoms with Gasteiger partial charge in [0.05, 0.1) is 22.4 Å². The second kappa shape index (κ2) is 9.49. The van der Waals surface area contributed by atoms with E-state index in [1.54, 1.807) is 53.8 Å². The number of carbonyl (C=O) groups excluding carboxylic acids is 1. The summed E-state index contributed by atoms with van der Waals surface area (Å²) in [5.41, 5.74) is 4.04. The number of carbonyl (C=O) groups is 1. The van der Waals surface area contributed by atoms with Crippen LogP contribution in [0, 0.1) is 11.6 Å². The van der Waals surface area contributed by atoms with Crippen molar-refractivity contribution in [3.8, 4) is 22.5 Å². The van der Waals surface area contributed by atoms with E-state index >= 15 is 0 Å².